The third-order valence-electron chi connectivity index (χ3n) is 4.77. The summed E-state index contributed by atoms with van der Waals surface area (Å²) in [5.74, 6) is 0.595. The lowest BCUT2D eigenvalue weighted by molar-refractivity contribution is -0.112. The Morgan fingerprint density at radius 3 is 2.49 bits per heavy atom. The molecule has 0 unspecified atom stereocenters. The number of benzene rings is 2. The van der Waals surface area contributed by atoms with E-state index < -0.39 is 15.7 Å². The Labute approximate surface area is 208 Å². The molecule has 0 bridgehead atoms. The van der Waals surface area contributed by atoms with Crippen molar-refractivity contribution in [2.45, 2.75) is 25.1 Å². The molecule has 2 aromatic carbocycles. The summed E-state index contributed by atoms with van der Waals surface area (Å²) in [5, 5.41) is 19.0. The number of nitriles is 1. The predicted molar refractivity (Wildman–Crippen MR) is 133 cm³/mol. The number of hydrogen-bond donors (Lipinski definition) is 1. The average Bonchev–Trinajstić information content (AvgIpc) is 3.31. The molecule has 35 heavy (non-hydrogen) atoms. The highest BCUT2D eigenvalue weighted by Crippen LogP contribution is 2.22. The van der Waals surface area contributed by atoms with Crippen molar-refractivity contribution in [2.75, 3.05) is 24.3 Å². The Balaban J connectivity index is 1.55. The van der Waals surface area contributed by atoms with Crippen LogP contribution in [0.3, 0.4) is 0 Å². The Kier molecular flexibility index (Phi) is 8.57. The lowest BCUT2D eigenvalue weighted by Crippen LogP contribution is -2.13. The van der Waals surface area contributed by atoms with Gasteiger partial charge in [0, 0.05) is 0 Å². The van der Waals surface area contributed by atoms with Gasteiger partial charge in [0.25, 0.3) is 5.91 Å². The van der Waals surface area contributed by atoms with Gasteiger partial charge in [-0.3, -0.25) is 10.1 Å². The maximum Gasteiger partial charge on any atom is 0.268 e. The molecule has 0 saturated carbocycles. The minimum Gasteiger partial charge on any atom is -0.490 e. The van der Waals surface area contributed by atoms with Crippen molar-refractivity contribution >= 4 is 38.3 Å². The van der Waals surface area contributed by atoms with Gasteiger partial charge in [-0.2, -0.15) is 5.26 Å². The number of amides is 1. The lowest BCUT2D eigenvalue weighted by atomic mass is 10.1. The molecule has 1 amide bonds. The molecule has 1 heterocycles. The van der Waals surface area contributed by atoms with E-state index in [1.807, 2.05) is 32.0 Å². The fourth-order valence-corrected chi connectivity index (χ4v) is 4.90. The zero-order chi connectivity index (χ0) is 25.4. The molecule has 1 N–H and O–H groups in total. The number of sulfone groups is 1. The first-order chi connectivity index (χ1) is 16.7. The molecular formula is C24H24N4O5S2. The molecule has 3 aromatic rings. The van der Waals surface area contributed by atoms with Crippen LogP contribution in [0.4, 0.5) is 5.13 Å². The van der Waals surface area contributed by atoms with E-state index in [2.05, 4.69) is 21.6 Å². The van der Waals surface area contributed by atoms with E-state index >= 15 is 0 Å². The van der Waals surface area contributed by atoms with Gasteiger partial charge in [-0.05, 0) is 49.2 Å². The Bertz CT molecular complexity index is 1370. The average molecular weight is 513 g/mol. The summed E-state index contributed by atoms with van der Waals surface area (Å²) in [6.07, 6.45) is 1.41. The van der Waals surface area contributed by atoms with Crippen LogP contribution >= 0.6 is 11.3 Å². The first kappa shape index (κ1) is 25.9. The normalized spacial score (nSPS) is 11.5. The van der Waals surface area contributed by atoms with Crippen LogP contribution in [0.25, 0.3) is 6.08 Å². The smallest absolute Gasteiger partial charge is 0.268 e. The third kappa shape index (κ3) is 7.11. The summed E-state index contributed by atoms with van der Waals surface area (Å²) >= 11 is 0.733. The second-order valence-electron chi connectivity index (χ2n) is 7.44. The van der Waals surface area contributed by atoms with Crippen LogP contribution in [0, 0.1) is 25.2 Å². The number of nitrogens with zero attached hydrogens (tertiary/aromatic N) is 3. The molecule has 0 aliphatic carbocycles. The highest BCUT2D eigenvalue weighted by Gasteiger charge is 2.19. The number of rotatable bonds is 10. The number of hydrogen-bond acceptors (Lipinski definition) is 9. The van der Waals surface area contributed by atoms with Gasteiger partial charge < -0.3 is 9.47 Å². The number of carbonyl (C=O) groups is 1. The minimum absolute atomic E-state index is 0.00465. The maximum atomic E-state index is 12.4. The number of aryl methyl sites for hydroxylation is 2. The van der Waals surface area contributed by atoms with Crippen LogP contribution < -0.4 is 14.8 Å². The summed E-state index contributed by atoms with van der Waals surface area (Å²) < 4.78 is 34.9. The first-order valence-corrected chi connectivity index (χ1v) is 13.1. The fraction of sp³-hybridized carbons (Fsp3) is 0.250. The van der Waals surface area contributed by atoms with E-state index in [4.69, 9.17) is 9.47 Å². The molecule has 0 aliphatic rings. The predicted octanol–water partition coefficient (Wildman–Crippen LogP) is 3.95. The summed E-state index contributed by atoms with van der Waals surface area (Å²) in [5.41, 5.74) is 2.68. The minimum atomic E-state index is -3.52. The van der Waals surface area contributed by atoms with Gasteiger partial charge in [0.1, 0.15) is 36.4 Å². The van der Waals surface area contributed by atoms with Crippen molar-refractivity contribution < 1.29 is 22.7 Å². The largest absolute Gasteiger partial charge is 0.490 e. The highest BCUT2D eigenvalue weighted by molar-refractivity contribution is 7.93. The molecule has 0 saturated heterocycles. The molecule has 1 aromatic heterocycles. The molecule has 0 spiro atoms. The quantitative estimate of drug-likeness (QED) is 0.187. The van der Waals surface area contributed by atoms with E-state index in [-0.39, 0.29) is 20.8 Å². The van der Waals surface area contributed by atoms with Gasteiger partial charge >= 0.3 is 0 Å². The number of nitrogens with one attached hydrogen (secondary N) is 1. The van der Waals surface area contributed by atoms with Crippen molar-refractivity contribution in [3.8, 4) is 17.6 Å². The standard InChI is InChI=1S/C24H24N4O5S2/c1-4-35(30,31)24-28-27-23(34-24)26-22(29)19(15-25)14-18-6-8-20(9-7-18)32-11-12-33-21-10-5-16(2)13-17(21)3/h5-10,13-14H,4,11-12H2,1-3H3,(H,26,27,29)/b19-14-. The number of aromatic nitrogens is 2. The topological polar surface area (TPSA) is 131 Å². The second kappa shape index (κ2) is 11.6. The van der Waals surface area contributed by atoms with Gasteiger partial charge in [0.2, 0.25) is 19.3 Å². The highest BCUT2D eigenvalue weighted by atomic mass is 32.2. The van der Waals surface area contributed by atoms with E-state index in [0.717, 1.165) is 22.6 Å². The van der Waals surface area contributed by atoms with Crippen molar-refractivity contribution in [2.24, 2.45) is 0 Å². The van der Waals surface area contributed by atoms with Crippen molar-refractivity contribution in [1.29, 1.82) is 5.26 Å². The number of ether oxygens (including phenoxy) is 2. The van der Waals surface area contributed by atoms with Crippen molar-refractivity contribution in [1.82, 2.24) is 10.2 Å². The first-order valence-electron chi connectivity index (χ1n) is 10.6. The van der Waals surface area contributed by atoms with Crippen LogP contribution in [0.2, 0.25) is 0 Å². The monoisotopic (exact) mass is 512 g/mol. The van der Waals surface area contributed by atoms with Gasteiger partial charge in [-0.15, -0.1) is 10.2 Å². The van der Waals surface area contributed by atoms with E-state index in [9.17, 15) is 18.5 Å². The van der Waals surface area contributed by atoms with Crippen molar-refractivity contribution in [3.05, 3.63) is 64.7 Å². The zero-order valence-corrected chi connectivity index (χ0v) is 21.1. The summed E-state index contributed by atoms with van der Waals surface area (Å²) in [6.45, 7) is 6.25. The Hall–Kier alpha value is -3.75. The lowest BCUT2D eigenvalue weighted by Gasteiger charge is -2.11. The molecule has 3 rings (SSSR count). The molecule has 11 heteroatoms. The third-order valence-corrected chi connectivity index (χ3v) is 7.79. The van der Waals surface area contributed by atoms with Gasteiger partial charge in [-0.25, -0.2) is 8.42 Å². The molecule has 0 fully saturated rings. The molecule has 9 nitrogen and oxygen atoms in total. The zero-order valence-electron chi connectivity index (χ0n) is 19.4. The summed E-state index contributed by atoms with van der Waals surface area (Å²) in [4.78, 5) is 12.4. The van der Waals surface area contributed by atoms with Crippen LogP contribution in [-0.2, 0) is 14.6 Å². The summed E-state index contributed by atoms with van der Waals surface area (Å²) in [7, 11) is -3.52. The molecule has 0 atom stereocenters. The van der Waals surface area contributed by atoms with E-state index in [1.165, 1.54) is 18.6 Å². The van der Waals surface area contributed by atoms with Crippen LogP contribution in [0.1, 0.15) is 23.6 Å². The second-order valence-corrected chi connectivity index (χ2v) is 10.9. The van der Waals surface area contributed by atoms with Gasteiger partial charge in [-0.1, -0.05) is 48.1 Å². The van der Waals surface area contributed by atoms with E-state index in [0.29, 0.717) is 24.5 Å². The van der Waals surface area contributed by atoms with E-state index in [1.54, 1.807) is 24.3 Å². The van der Waals surface area contributed by atoms with Gasteiger partial charge in [0.05, 0.1) is 5.75 Å². The Morgan fingerprint density at radius 1 is 1.11 bits per heavy atom. The Morgan fingerprint density at radius 2 is 1.83 bits per heavy atom. The van der Waals surface area contributed by atoms with Crippen molar-refractivity contribution in [3.63, 3.8) is 0 Å². The molecule has 182 valence electrons. The van der Waals surface area contributed by atoms with Gasteiger partial charge in [0.15, 0.2) is 0 Å². The molecule has 0 radical (unpaired) electrons. The van der Waals surface area contributed by atoms with Crippen LogP contribution in [0.5, 0.6) is 11.5 Å². The maximum absolute atomic E-state index is 12.4. The fourth-order valence-electron chi connectivity index (χ4n) is 2.92. The molecular weight excluding hydrogens is 488 g/mol. The van der Waals surface area contributed by atoms with Crippen LogP contribution in [-0.4, -0.2) is 43.5 Å². The SMILES string of the molecule is CCS(=O)(=O)c1nnc(NC(=O)/C(C#N)=C\c2ccc(OCCOc3ccc(C)cc3C)cc2)s1. The molecule has 0 aliphatic heterocycles. The summed E-state index contributed by atoms with van der Waals surface area (Å²) in [6, 6.07) is 14.7. The number of anilines is 1. The number of carbonyl (C=O) groups excluding carboxylic acids is 1. The van der Waals surface area contributed by atoms with Crippen LogP contribution in [0.15, 0.2) is 52.4 Å².